The van der Waals surface area contributed by atoms with Crippen molar-refractivity contribution in [3.8, 4) is 0 Å². The van der Waals surface area contributed by atoms with E-state index in [0.29, 0.717) is 0 Å². The van der Waals surface area contributed by atoms with Gasteiger partial charge in [0.05, 0.1) is 0 Å². The van der Waals surface area contributed by atoms with E-state index in [0.717, 1.165) is 6.42 Å². The molecule has 0 aromatic heterocycles. The fraction of sp³-hybridized carbons (Fsp3) is 0.259. The second kappa shape index (κ2) is 9.92. The first-order valence-electron chi connectivity index (χ1n) is 9.68. The molecule has 2 aromatic rings. The van der Waals surface area contributed by atoms with Crippen LogP contribution in [0, 0.1) is 5.41 Å². The number of allylic oxidation sites excluding steroid dienone is 6. The molecule has 0 aliphatic rings. The average molecular weight is 357 g/mol. The minimum atomic E-state index is -0.0296. The summed E-state index contributed by atoms with van der Waals surface area (Å²) in [4.78, 5) is 0. The van der Waals surface area contributed by atoms with E-state index in [9.17, 15) is 0 Å². The maximum absolute atomic E-state index is 4.09. The van der Waals surface area contributed by atoms with Gasteiger partial charge in [-0.15, -0.1) is 6.58 Å². The molecule has 2 aromatic carbocycles. The van der Waals surface area contributed by atoms with Gasteiger partial charge in [-0.25, -0.2) is 0 Å². The minimum absolute atomic E-state index is 0.0296. The van der Waals surface area contributed by atoms with Crippen LogP contribution in [-0.2, 0) is 0 Å². The fourth-order valence-electron chi connectivity index (χ4n) is 3.02. The van der Waals surface area contributed by atoms with Gasteiger partial charge >= 0.3 is 0 Å². The third kappa shape index (κ3) is 6.57. The minimum Gasteiger partial charge on any atom is -0.103 e. The van der Waals surface area contributed by atoms with Crippen LogP contribution in [0.3, 0.4) is 0 Å². The lowest BCUT2D eigenvalue weighted by atomic mass is 9.74. The van der Waals surface area contributed by atoms with Gasteiger partial charge in [-0.1, -0.05) is 110 Å². The molecular weight excluding hydrogens is 324 g/mol. The van der Waals surface area contributed by atoms with Gasteiger partial charge in [0.25, 0.3) is 0 Å². The first-order chi connectivity index (χ1) is 12.9. The highest BCUT2D eigenvalue weighted by molar-refractivity contribution is 5.53. The Morgan fingerprint density at radius 2 is 1.56 bits per heavy atom. The number of rotatable bonds is 8. The van der Waals surface area contributed by atoms with Gasteiger partial charge < -0.3 is 0 Å². The number of hydrogen-bond acceptors (Lipinski definition) is 0. The fourth-order valence-corrected chi connectivity index (χ4v) is 3.02. The van der Waals surface area contributed by atoms with Crippen LogP contribution in [0.15, 0.2) is 103 Å². The molecule has 0 heterocycles. The Morgan fingerprint density at radius 1 is 0.963 bits per heavy atom. The third-order valence-electron chi connectivity index (χ3n) is 4.90. The first kappa shape index (κ1) is 20.7. The Kier molecular flexibility index (Phi) is 7.61. The van der Waals surface area contributed by atoms with Crippen LogP contribution in [0.5, 0.6) is 0 Å². The molecule has 0 fully saturated rings. The Balaban J connectivity index is 2.45. The van der Waals surface area contributed by atoms with Gasteiger partial charge in [0, 0.05) is 5.92 Å². The van der Waals surface area contributed by atoms with Crippen molar-refractivity contribution in [3.05, 3.63) is 114 Å². The topological polar surface area (TPSA) is 0 Å². The van der Waals surface area contributed by atoms with Crippen LogP contribution in [0.2, 0.25) is 0 Å². The van der Waals surface area contributed by atoms with Crippen molar-refractivity contribution in [3.63, 3.8) is 0 Å². The summed E-state index contributed by atoms with van der Waals surface area (Å²) < 4.78 is 0. The monoisotopic (exact) mass is 356 g/mol. The summed E-state index contributed by atoms with van der Waals surface area (Å²) in [6.45, 7) is 12.9. The van der Waals surface area contributed by atoms with Crippen LogP contribution >= 0.6 is 0 Å². The lowest BCUT2D eigenvalue weighted by Gasteiger charge is -2.30. The molecule has 0 aliphatic heterocycles. The molecule has 0 aliphatic carbocycles. The first-order valence-corrected chi connectivity index (χ1v) is 9.68. The summed E-state index contributed by atoms with van der Waals surface area (Å²) in [7, 11) is 0. The molecule has 0 heteroatoms. The molecule has 0 saturated heterocycles. The normalized spacial score (nSPS) is 13.4. The Hall–Kier alpha value is -2.60. The standard InChI is InChI=1S/C27H32/c1-6-27(4,5)26(25-15-11-8-12-16-25)21-24(18-17-22(2)3)20-19-23-13-9-7-10-14-23/h6-17,19-21,26H,1,18H2,2-5H3/b20-19+,24-21-/t26-/m0/s1. The molecule has 0 amide bonds. The highest BCUT2D eigenvalue weighted by Gasteiger charge is 2.26. The van der Waals surface area contributed by atoms with Gasteiger partial charge in [-0.2, -0.15) is 0 Å². The van der Waals surface area contributed by atoms with E-state index in [4.69, 9.17) is 0 Å². The van der Waals surface area contributed by atoms with E-state index in [2.05, 4.69) is 125 Å². The Labute approximate surface area is 165 Å². The van der Waals surface area contributed by atoms with E-state index in [1.165, 1.54) is 22.3 Å². The van der Waals surface area contributed by atoms with E-state index >= 15 is 0 Å². The van der Waals surface area contributed by atoms with Crippen molar-refractivity contribution in [2.75, 3.05) is 0 Å². The van der Waals surface area contributed by atoms with Gasteiger partial charge in [0.15, 0.2) is 0 Å². The van der Waals surface area contributed by atoms with E-state index < -0.39 is 0 Å². The van der Waals surface area contributed by atoms with Gasteiger partial charge in [0.2, 0.25) is 0 Å². The zero-order valence-electron chi connectivity index (χ0n) is 17.2. The van der Waals surface area contributed by atoms with Crippen molar-refractivity contribution >= 4 is 6.08 Å². The summed E-state index contributed by atoms with van der Waals surface area (Å²) in [5, 5.41) is 0. The number of hydrogen-bond donors (Lipinski definition) is 0. The molecule has 0 bridgehead atoms. The molecular formula is C27H32. The second-order valence-electron chi connectivity index (χ2n) is 7.89. The van der Waals surface area contributed by atoms with Crippen LogP contribution in [0.4, 0.5) is 0 Å². The summed E-state index contributed by atoms with van der Waals surface area (Å²) in [6, 6.07) is 21.2. The molecule has 140 valence electrons. The molecule has 0 saturated carbocycles. The smallest absolute Gasteiger partial charge is 0.0109 e. The van der Waals surface area contributed by atoms with Crippen molar-refractivity contribution in [2.45, 2.75) is 40.0 Å². The quantitative estimate of drug-likeness (QED) is 0.332. The third-order valence-corrected chi connectivity index (χ3v) is 4.90. The summed E-state index contributed by atoms with van der Waals surface area (Å²) in [5.41, 5.74) is 5.18. The Bertz CT molecular complexity index is 798. The molecule has 0 N–H and O–H groups in total. The van der Waals surface area contributed by atoms with Gasteiger partial charge in [-0.3, -0.25) is 0 Å². The SMILES string of the molecule is C=CC(C)(C)[C@@H](/C=C(\C=C\c1ccccc1)CC=C(C)C)c1ccccc1. The maximum atomic E-state index is 4.09. The summed E-state index contributed by atoms with van der Waals surface area (Å²) in [6.07, 6.45) is 12.2. The second-order valence-corrected chi connectivity index (χ2v) is 7.89. The highest BCUT2D eigenvalue weighted by Crippen LogP contribution is 2.39. The predicted octanol–water partition coefficient (Wildman–Crippen LogP) is 7.98. The van der Waals surface area contributed by atoms with E-state index in [-0.39, 0.29) is 11.3 Å². The summed E-state index contributed by atoms with van der Waals surface area (Å²) >= 11 is 0. The van der Waals surface area contributed by atoms with Crippen LogP contribution in [0.25, 0.3) is 6.08 Å². The molecule has 27 heavy (non-hydrogen) atoms. The maximum Gasteiger partial charge on any atom is 0.0109 e. The lowest BCUT2D eigenvalue weighted by molar-refractivity contribution is 0.426. The highest BCUT2D eigenvalue weighted by atomic mass is 14.3. The van der Waals surface area contributed by atoms with Crippen LogP contribution in [-0.4, -0.2) is 0 Å². The molecule has 2 rings (SSSR count). The average Bonchev–Trinajstić information content (AvgIpc) is 2.68. The lowest BCUT2D eigenvalue weighted by Crippen LogP contribution is -2.18. The largest absolute Gasteiger partial charge is 0.103 e. The molecule has 0 radical (unpaired) electrons. The number of benzene rings is 2. The predicted molar refractivity (Wildman–Crippen MR) is 121 cm³/mol. The van der Waals surface area contributed by atoms with Crippen molar-refractivity contribution < 1.29 is 0 Å². The zero-order chi connectivity index (χ0) is 19.7. The van der Waals surface area contributed by atoms with Gasteiger partial charge in [0.1, 0.15) is 0 Å². The van der Waals surface area contributed by atoms with Gasteiger partial charge in [-0.05, 0) is 42.4 Å². The Morgan fingerprint density at radius 3 is 2.11 bits per heavy atom. The zero-order valence-corrected chi connectivity index (χ0v) is 17.2. The van der Waals surface area contributed by atoms with Crippen molar-refractivity contribution in [1.29, 1.82) is 0 Å². The molecule has 0 unspecified atom stereocenters. The van der Waals surface area contributed by atoms with E-state index in [1.54, 1.807) is 0 Å². The van der Waals surface area contributed by atoms with Crippen LogP contribution in [0.1, 0.15) is 51.2 Å². The molecule has 1 atom stereocenters. The molecule has 0 nitrogen and oxygen atoms in total. The van der Waals surface area contributed by atoms with Crippen molar-refractivity contribution in [1.82, 2.24) is 0 Å². The van der Waals surface area contributed by atoms with Crippen LogP contribution < -0.4 is 0 Å². The van der Waals surface area contributed by atoms with E-state index in [1.807, 2.05) is 0 Å². The summed E-state index contributed by atoms with van der Waals surface area (Å²) in [5.74, 6) is 0.275. The van der Waals surface area contributed by atoms with Crippen molar-refractivity contribution in [2.24, 2.45) is 5.41 Å². The molecule has 0 spiro atoms.